The molecule has 0 aliphatic carbocycles. The number of rotatable bonds is 4. The van der Waals surface area contributed by atoms with Gasteiger partial charge in [0.25, 0.3) is 5.56 Å². The zero-order valence-corrected chi connectivity index (χ0v) is 13.9. The minimum absolute atomic E-state index is 0.119. The fraction of sp³-hybridized carbons (Fsp3) is 0.250. The van der Waals surface area contributed by atoms with Gasteiger partial charge in [0.2, 0.25) is 11.7 Å². The number of nitrogens with one attached hydrogen (secondary N) is 1. The summed E-state index contributed by atoms with van der Waals surface area (Å²) in [5.41, 5.74) is 3.30. The second kappa shape index (κ2) is 6.37. The summed E-state index contributed by atoms with van der Waals surface area (Å²) in [6.07, 6.45) is 0. The van der Waals surface area contributed by atoms with Crippen molar-refractivity contribution in [3.05, 3.63) is 57.3 Å². The van der Waals surface area contributed by atoms with Crippen LogP contribution in [0.1, 0.15) is 22.7 Å². The van der Waals surface area contributed by atoms with Gasteiger partial charge < -0.3 is 9.51 Å². The first-order valence-corrected chi connectivity index (χ1v) is 8.11. The van der Waals surface area contributed by atoms with Crippen molar-refractivity contribution in [3.63, 3.8) is 0 Å². The Labute approximate surface area is 137 Å². The normalized spacial score (nSPS) is 10.9. The molecule has 2 aromatic heterocycles. The lowest BCUT2D eigenvalue weighted by atomic mass is 10.1. The Kier molecular flexibility index (Phi) is 4.29. The molecule has 0 unspecified atom stereocenters. The van der Waals surface area contributed by atoms with Gasteiger partial charge in [-0.05, 0) is 26.8 Å². The van der Waals surface area contributed by atoms with E-state index in [0.717, 1.165) is 16.8 Å². The van der Waals surface area contributed by atoms with Crippen LogP contribution in [0.3, 0.4) is 0 Å². The lowest BCUT2D eigenvalue weighted by Gasteiger charge is -2.01. The highest BCUT2D eigenvalue weighted by molar-refractivity contribution is 7.98. The zero-order chi connectivity index (χ0) is 16.4. The van der Waals surface area contributed by atoms with Gasteiger partial charge in [-0.3, -0.25) is 4.79 Å². The highest BCUT2D eigenvalue weighted by atomic mass is 32.2. The molecule has 1 aromatic carbocycles. The zero-order valence-electron chi connectivity index (χ0n) is 13.1. The average molecular weight is 328 g/mol. The van der Waals surface area contributed by atoms with Crippen molar-refractivity contribution in [2.75, 3.05) is 0 Å². The number of hydrogen-bond acceptors (Lipinski definition) is 6. The summed E-state index contributed by atoms with van der Waals surface area (Å²) in [4.78, 5) is 23.2. The van der Waals surface area contributed by atoms with Crippen molar-refractivity contribution in [3.8, 4) is 11.4 Å². The molecule has 23 heavy (non-hydrogen) atoms. The van der Waals surface area contributed by atoms with Crippen LogP contribution in [0.2, 0.25) is 0 Å². The largest absolute Gasteiger partial charge is 0.338 e. The van der Waals surface area contributed by atoms with Gasteiger partial charge in [-0.2, -0.15) is 4.98 Å². The van der Waals surface area contributed by atoms with Gasteiger partial charge >= 0.3 is 0 Å². The first kappa shape index (κ1) is 15.5. The van der Waals surface area contributed by atoms with Crippen LogP contribution < -0.4 is 5.56 Å². The summed E-state index contributed by atoms with van der Waals surface area (Å²) < 4.78 is 5.26. The van der Waals surface area contributed by atoms with Gasteiger partial charge in [0.15, 0.2) is 5.16 Å². The summed E-state index contributed by atoms with van der Waals surface area (Å²) in [6, 6.07) is 7.92. The first-order chi connectivity index (χ1) is 11.0. The van der Waals surface area contributed by atoms with Crippen molar-refractivity contribution in [1.82, 2.24) is 20.1 Å². The minimum Gasteiger partial charge on any atom is -0.338 e. The first-order valence-electron chi connectivity index (χ1n) is 7.13. The Morgan fingerprint density at radius 3 is 2.78 bits per heavy atom. The fourth-order valence-corrected chi connectivity index (χ4v) is 2.78. The van der Waals surface area contributed by atoms with E-state index in [1.54, 1.807) is 6.92 Å². The van der Waals surface area contributed by atoms with Gasteiger partial charge in [0.05, 0.1) is 5.75 Å². The maximum absolute atomic E-state index is 11.7. The molecular formula is C16H16N4O2S. The standard InChI is InChI=1S/C16H16N4O2S/c1-9-5-4-6-12(7-9)14-18-13(22-20-14)8-23-16-17-11(3)10(2)15(21)19-16/h4-7H,8H2,1-3H3,(H,17,19,21). The van der Waals surface area contributed by atoms with Crippen molar-refractivity contribution in [1.29, 1.82) is 0 Å². The third kappa shape index (κ3) is 3.50. The summed E-state index contributed by atoms with van der Waals surface area (Å²) in [5, 5.41) is 4.55. The van der Waals surface area contributed by atoms with E-state index in [1.807, 2.05) is 38.1 Å². The molecule has 0 bridgehead atoms. The Morgan fingerprint density at radius 1 is 1.22 bits per heavy atom. The topological polar surface area (TPSA) is 84.7 Å². The van der Waals surface area contributed by atoms with Gasteiger partial charge in [0.1, 0.15) is 0 Å². The van der Waals surface area contributed by atoms with Crippen molar-refractivity contribution in [2.24, 2.45) is 0 Å². The molecule has 0 radical (unpaired) electrons. The summed E-state index contributed by atoms with van der Waals surface area (Å²) in [7, 11) is 0. The molecule has 1 N–H and O–H groups in total. The summed E-state index contributed by atoms with van der Waals surface area (Å²) in [6.45, 7) is 5.58. The second-order valence-corrected chi connectivity index (χ2v) is 6.22. The average Bonchev–Trinajstić information content (AvgIpc) is 2.99. The van der Waals surface area contributed by atoms with E-state index < -0.39 is 0 Å². The van der Waals surface area contributed by atoms with Crippen LogP contribution in [0.4, 0.5) is 0 Å². The number of benzene rings is 1. The predicted molar refractivity (Wildman–Crippen MR) is 88.4 cm³/mol. The number of aromatic nitrogens is 4. The van der Waals surface area contributed by atoms with E-state index in [0.29, 0.717) is 28.2 Å². The van der Waals surface area contributed by atoms with E-state index in [2.05, 4.69) is 20.1 Å². The van der Waals surface area contributed by atoms with Crippen LogP contribution in [0.25, 0.3) is 11.4 Å². The van der Waals surface area contributed by atoms with Crippen LogP contribution in [0.5, 0.6) is 0 Å². The van der Waals surface area contributed by atoms with E-state index in [9.17, 15) is 4.79 Å². The van der Waals surface area contributed by atoms with E-state index >= 15 is 0 Å². The molecule has 0 aliphatic heterocycles. The third-order valence-corrected chi connectivity index (χ3v) is 4.31. The Morgan fingerprint density at radius 2 is 2.04 bits per heavy atom. The number of H-pyrrole nitrogens is 1. The number of hydrogen-bond donors (Lipinski definition) is 1. The fourth-order valence-electron chi connectivity index (χ4n) is 2.03. The maximum atomic E-state index is 11.7. The smallest absolute Gasteiger partial charge is 0.254 e. The van der Waals surface area contributed by atoms with Gasteiger partial charge in [-0.15, -0.1) is 0 Å². The molecule has 0 amide bonds. The third-order valence-electron chi connectivity index (χ3n) is 3.45. The highest BCUT2D eigenvalue weighted by Gasteiger charge is 2.11. The van der Waals surface area contributed by atoms with Gasteiger partial charge in [-0.25, -0.2) is 4.98 Å². The van der Waals surface area contributed by atoms with E-state index in [1.165, 1.54) is 11.8 Å². The van der Waals surface area contributed by atoms with Crippen LogP contribution in [0.15, 0.2) is 38.7 Å². The van der Waals surface area contributed by atoms with Crippen molar-refractivity contribution < 1.29 is 4.52 Å². The van der Waals surface area contributed by atoms with Crippen molar-refractivity contribution >= 4 is 11.8 Å². The monoisotopic (exact) mass is 328 g/mol. The number of aryl methyl sites for hydroxylation is 2. The molecule has 0 spiro atoms. The Bertz CT molecular complexity index is 901. The van der Waals surface area contributed by atoms with Crippen LogP contribution in [-0.4, -0.2) is 20.1 Å². The number of aromatic amines is 1. The van der Waals surface area contributed by atoms with Gasteiger partial charge in [-0.1, -0.05) is 40.7 Å². The molecule has 0 saturated heterocycles. The van der Waals surface area contributed by atoms with Gasteiger partial charge in [0, 0.05) is 16.8 Å². The Hall–Kier alpha value is -2.41. The quantitative estimate of drug-likeness (QED) is 0.585. The summed E-state index contributed by atoms with van der Waals surface area (Å²) >= 11 is 1.36. The van der Waals surface area contributed by atoms with Crippen molar-refractivity contribution in [2.45, 2.75) is 31.7 Å². The molecule has 3 rings (SSSR count). The molecule has 3 aromatic rings. The maximum Gasteiger partial charge on any atom is 0.254 e. The molecule has 0 atom stereocenters. The van der Waals surface area contributed by atoms with Crippen LogP contribution in [0, 0.1) is 20.8 Å². The molecule has 0 aliphatic rings. The van der Waals surface area contributed by atoms with Crippen LogP contribution in [-0.2, 0) is 5.75 Å². The molecule has 6 nitrogen and oxygen atoms in total. The Balaban J connectivity index is 1.74. The number of thioether (sulfide) groups is 1. The van der Waals surface area contributed by atoms with E-state index in [4.69, 9.17) is 4.52 Å². The predicted octanol–water partition coefficient (Wildman–Crippen LogP) is 3.04. The molecule has 7 heteroatoms. The van der Waals surface area contributed by atoms with Crippen LogP contribution >= 0.6 is 11.8 Å². The second-order valence-electron chi connectivity index (χ2n) is 5.25. The lowest BCUT2D eigenvalue weighted by Crippen LogP contribution is -2.14. The van der Waals surface area contributed by atoms with E-state index in [-0.39, 0.29) is 5.56 Å². The molecular weight excluding hydrogens is 312 g/mol. The molecule has 118 valence electrons. The highest BCUT2D eigenvalue weighted by Crippen LogP contribution is 2.21. The SMILES string of the molecule is Cc1cccc(-c2noc(CSc3nc(C)c(C)c(=O)[nH]3)n2)c1. The molecule has 2 heterocycles. The molecule has 0 fully saturated rings. The summed E-state index contributed by atoms with van der Waals surface area (Å²) in [5.74, 6) is 1.50. The lowest BCUT2D eigenvalue weighted by molar-refractivity contribution is 0.391. The minimum atomic E-state index is -0.119. The molecule has 0 saturated carbocycles. The number of nitrogens with zero attached hydrogens (tertiary/aromatic N) is 3.